The van der Waals surface area contributed by atoms with E-state index < -0.39 is 0 Å². The van der Waals surface area contributed by atoms with Gasteiger partial charge in [0.05, 0.1) is 11.3 Å². The third kappa shape index (κ3) is 4.90. The zero-order valence-electron chi connectivity index (χ0n) is 17.4. The Bertz CT molecular complexity index is 1220. The van der Waals surface area contributed by atoms with E-state index >= 15 is 0 Å². The van der Waals surface area contributed by atoms with E-state index in [0.717, 1.165) is 27.3 Å². The third-order valence-corrected chi connectivity index (χ3v) is 5.58. The summed E-state index contributed by atoms with van der Waals surface area (Å²) in [6, 6.07) is 20.0. The second-order valence-electron chi connectivity index (χ2n) is 7.89. The van der Waals surface area contributed by atoms with Gasteiger partial charge in [0.25, 0.3) is 0 Å². The van der Waals surface area contributed by atoms with Crippen LogP contribution in [0.2, 0.25) is 0 Å². The molecule has 0 amide bonds. The van der Waals surface area contributed by atoms with Crippen LogP contribution in [0.5, 0.6) is 0 Å². The molecule has 0 spiro atoms. The number of hydrogen-bond acceptors (Lipinski definition) is 7. The van der Waals surface area contributed by atoms with E-state index in [9.17, 15) is 0 Å². The topological polar surface area (TPSA) is 103 Å². The Hall–Kier alpha value is -3.70. The van der Waals surface area contributed by atoms with Gasteiger partial charge in [0.2, 0.25) is 0 Å². The number of tetrazole rings is 1. The summed E-state index contributed by atoms with van der Waals surface area (Å²) >= 11 is 1.78. The lowest BCUT2D eigenvalue weighted by molar-refractivity contribution is 0.803. The summed E-state index contributed by atoms with van der Waals surface area (Å²) in [5.41, 5.74) is 4.44. The molecule has 2 heterocycles. The van der Waals surface area contributed by atoms with Gasteiger partial charge in [-0.1, -0.05) is 51.1 Å². The number of nitrogens with one attached hydrogen (secondary N) is 2. The molecule has 8 heteroatoms. The first-order valence-corrected chi connectivity index (χ1v) is 10.5. The van der Waals surface area contributed by atoms with Gasteiger partial charge in [-0.3, -0.25) is 0 Å². The molecule has 4 aromatic rings. The lowest BCUT2D eigenvalue weighted by Gasteiger charge is -2.21. The van der Waals surface area contributed by atoms with Crippen LogP contribution < -0.4 is 5.32 Å². The lowest BCUT2D eigenvalue weighted by atomic mass is 9.99. The normalized spacial score (nSPS) is 11.2. The van der Waals surface area contributed by atoms with Crippen LogP contribution >= 0.6 is 11.8 Å². The standard InChI is InChI=1S/C23H21N7S/c1-23(2,3)31-20-10-9-16(12-19(20)26-21-11-8-15(13-24)14-25-21)17-6-4-5-7-18(17)22-27-29-30-28-22/h4-12,14H,1-3H3,(H,25,26)(H,27,28,29,30). The molecule has 2 N–H and O–H groups in total. The van der Waals surface area contributed by atoms with Gasteiger partial charge in [-0.25, -0.2) is 10.1 Å². The van der Waals surface area contributed by atoms with E-state index in [2.05, 4.69) is 76.0 Å². The fraction of sp³-hybridized carbons (Fsp3) is 0.174. The van der Waals surface area contributed by atoms with E-state index in [0.29, 0.717) is 17.2 Å². The Balaban J connectivity index is 1.77. The number of H-pyrrole nitrogens is 1. The number of pyridine rings is 1. The Labute approximate surface area is 184 Å². The maximum absolute atomic E-state index is 9.03. The first-order valence-electron chi connectivity index (χ1n) is 9.73. The molecular formula is C23H21N7S. The average Bonchev–Trinajstić information content (AvgIpc) is 3.29. The zero-order valence-corrected chi connectivity index (χ0v) is 18.2. The summed E-state index contributed by atoms with van der Waals surface area (Å²) in [6.07, 6.45) is 1.56. The van der Waals surface area contributed by atoms with Crippen molar-refractivity contribution in [3.63, 3.8) is 0 Å². The number of benzene rings is 2. The number of hydrogen-bond donors (Lipinski definition) is 2. The maximum Gasteiger partial charge on any atom is 0.180 e. The van der Waals surface area contributed by atoms with Gasteiger partial charge in [0.15, 0.2) is 5.82 Å². The van der Waals surface area contributed by atoms with Crippen LogP contribution in [0, 0.1) is 11.3 Å². The fourth-order valence-corrected chi connectivity index (χ4v) is 4.12. The summed E-state index contributed by atoms with van der Waals surface area (Å²) in [7, 11) is 0. The molecule has 7 nitrogen and oxygen atoms in total. The Kier molecular flexibility index (Phi) is 5.69. The van der Waals surface area contributed by atoms with E-state index in [4.69, 9.17) is 5.26 Å². The average molecular weight is 428 g/mol. The highest BCUT2D eigenvalue weighted by atomic mass is 32.2. The molecule has 0 bridgehead atoms. The molecule has 0 fully saturated rings. The van der Waals surface area contributed by atoms with Crippen LogP contribution in [0.1, 0.15) is 26.3 Å². The van der Waals surface area contributed by atoms with Gasteiger partial charge < -0.3 is 5.32 Å². The second kappa shape index (κ2) is 8.58. The zero-order chi connectivity index (χ0) is 21.8. The minimum atomic E-state index is 0.0411. The van der Waals surface area contributed by atoms with Crippen LogP contribution in [0.15, 0.2) is 65.7 Å². The predicted octanol–water partition coefficient (Wildman–Crippen LogP) is 5.43. The highest BCUT2D eigenvalue weighted by Crippen LogP contribution is 2.40. The molecule has 0 unspecified atom stereocenters. The molecule has 0 saturated heterocycles. The van der Waals surface area contributed by atoms with E-state index in [1.165, 1.54) is 0 Å². The third-order valence-electron chi connectivity index (χ3n) is 4.39. The highest BCUT2D eigenvalue weighted by molar-refractivity contribution is 8.00. The molecule has 0 aliphatic carbocycles. The summed E-state index contributed by atoms with van der Waals surface area (Å²) in [6.45, 7) is 6.55. The molecule has 2 aromatic heterocycles. The first-order chi connectivity index (χ1) is 14.9. The van der Waals surface area contributed by atoms with Crippen molar-refractivity contribution in [3.8, 4) is 28.6 Å². The number of thioether (sulfide) groups is 1. The highest BCUT2D eigenvalue weighted by Gasteiger charge is 2.17. The van der Waals surface area contributed by atoms with Crippen LogP contribution in [0.25, 0.3) is 22.5 Å². The molecule has 4 rings (SSSR count). The second-order valence-corrected chi connectivity index (χ2v) is 9.76. The van der Waals surface area contributed by atoms with Crippen LogP contribution in [0.3, 0.4) is 0 Å². The van der Waals surface area contributed by atoms with E-state index in [-0.39, 0.29) is 4.75 Å². The van der Waals surface area contributed by atoms with Gasteiger partial charge in [-0.05, 0) is 45.8 Å². The predicted molar refractivity (Wildman–Crippen MR) is 123 cm³/mol. The molecule has 0 saturated carbocycles. The van der Waals surface area contributed by atoms with Crippen molar-refractivity contribution in [2.24, 2.45) is 0 Å². The molecule has 0 aliphatic heterocycles. The summed E-state index contributed by atoms with van der Waals surface area (Å²) < 4.78 is 0.0411. The molecule has 31 heavy (non-hydrogen) atoms. The maximum atomic E-state index is 9.03. The van der Waals surface area contributed by atoms with Crippen molar-refractivity contribution in [1.82, 2.24) is 25.6 Å². The van der Waals surface area contributed by atoms with Crippen molar-refractivity contribution in [3.05, 3.63) is 66.4 Å². The number of anilines is 2. The van der Waals surface area contributed by atoms with Crippen molar-refractivity contribution in [1.29, 1.82) is 5.26 Å². The summed E-state index contributed by atoms with van der Waals surface area (Å²) in [4.78, 5) is 5.48. The summed E-state index contributed by atoms with van der Waals surface area (Å²) in [5, 5.41) is 26.8. The minimum absolute atomic E-state index is 0.0411. The largest absolute Gasteiger partial charge is 0.339 e. The van der Waals surface area contributed by atoms with Crippen LogP contribution in [-0.2, 0) is 0 Å². The Morgan fingerprint density at radius 1 is 1.03 bits per heavy atom. The number of nitrogens with zero attached hydrogens (tertiary/aromatic N) is 5. The van der Waals surface area contributed by atoms with Gasteiger partial charge in [-0.15, -0.1) is 16.9 Å². The minimum Gasteiger partial charge on any atom is -0.339 e. The molecule has 2 aromatic carbocycles. The number of rotatable bonds is 5. The van der Waals surface area contributed by atoms with Gasteiger partial charge >= 0.3 is 0 Å². The molecule has 0 aliphatic rings. The Morgan fingerprint density at radius 2 is 1.84 bits per heavy atom. The van der Waals surface area contributed by atoms with Crippen LogP contribution in [-0.4, -0.2) is 30.4 Å². The lowest BCUT2D eigenvalue weighted by Crippen LogP contribution is -2.08. The van der Waals surface area contributed by atoms with Crippen molar-refractivity contribution < 1.29 is 0 Å². The number of aromatic amines is 1. The number of aromatic nitrogens is 5. The van der Waals surface area contributed by atoms with Crippen molar-refractivity contribution in [2.45, 2.75) is 30.4 Å². The van der Waals surface area contributed by atoms with E-state index in [1.54, 1.807) is 24.0 Å². The quantitative estimate of drug-likeness (QED) is 0.409. The molecule has 154 valence electrons. The van der Waals surface area contributed by atoms with Crippen molar-refractivity contribution in [2.75, 3.05) is 5.32 Å². The van der Waals surface area contributed by atoms with Gasteiger partial charge in [0.1, 0.15) is 11.9 Å². The number of nitriles is 1. The smallest absolute Gasteiger partial charge is 0.180 e. The Morgan fingerprint density at radius 3 is 2.48 bits per heavy atom. The first kappa shape index (κ1) is 20.6. The molecule has 0 radical (unpaired) electrons. The monoisotopic (exact) mass is 427 g/mol. The van der Waals surface area contributed by atoms with Gasteiger partial charge in [0, 0.05) is 21.4 Å². The SMILES string of the molecule is CC(C)(C)Sc1ccc(-c2ccccc2-c2nnn[nH]2)cc1Nc1ccc(C#N)cn1. The van der Waals surface area contributed by atoms with Crippen LogP contribution in [0.4, 0.5) is 11.5 Å². The van der Waals surface area contributed by atoms with Gasteiger partial charge in [-0.2, -0.15) is 5.26 Å². The molecular weight excluding hydrogens is 406 g/mol. The fourth-order valence-electron chi connectivity index (χ4n) is 3.10. The summed E-state index contributed by atoms with van der Waals surface area (Å²) in [5.74, 6) is 1.30. The van der Waals surface area contributed by atoms with Crippen molar-refractivity contribution >= 4 is 23.3 Å². The van der Waals surface area contributed by atoms with E-state index in [1.807, 2.05) is 30.3 Å². The molecule has 0 atom stereocenters.